The lowest BCUT2D eigenvalue weighted by Crippen LogP contribution is -2.42. The third kappa shape index (κ3) is 4.23. The third-order valence-electron chi connectivity index (χ3n) is 3.49. The first-order valence-electron chi connectivity index (χ1n) is 6.76. The first-order valence-corrected chi connectivity index (χ1v) is 7.55. The van der Waals surface area contributed by atoms with E-state index in [9.17, 15) is 18.4 Å². The quantitative estimate of drug-likeness (QED) is 0.846. The summed E-state index contributed by atoms with van der Waals surface area (Å²) in [6.45, 7) is 0.868. The van der Waals surface area contributed by atoms with E-state index in [4.69, 9.17) is 5.11 Å². The second-order valence-electron chi connectivity index (χ2n) is 5.21. The highest BCUT2D eigenvalue weighted by molar-refractivity contribution is 9.10. The van der Waals surface area contributed by atoms with Crippen LogP contribution in [0.3, 0.4) is 0 Å². The Hall–Kier alpha value is -1.54. The maximum Gasteiger partial charge on any atom is 0.307 e. The van der Waals surface area contributed by atoms with Crippen molar-refractivity contribution < 1.29 is 23.5 Å². The van der Waals surface area contributed by atoms with Gasteiger partial charge in [-0.15, -0.1) is 0 Å². The topological polar surface area (TPSA) is 69.6 Å². The molecule has 0 radical (unpaired) electrons. The van der Waals surface area contributed by atoms with Crippen molar-refractivity contribution in [3.05, 3.63) is 28.2 Å². The number of carboxylic acid groups (broad SMARTS) is 1. The monoisotopic (exact) mass is 376 g/mol. The fraction of sp³-hybridized carbons (Fsp3) is 0.429. The molecule has 1 saturated heterocycles. The van der Waals surface area contributed by atoms with E-state index in [1.54, 1.807) is 4.90 Å². The van der Waals surface area contributed by atoms with Crippen LogP contribution < -0.4 is 5.32 Å². The zero-order chi connectivity index (χ0) is 16.3. The second-order valence-corrected chi connectivity index (χ2v) is 6.06. The van der Waals surface area contributed by atoms with Gasteiger partial charge in [-0.1, -0.05) is 0 Å². The van der Waals surface area contributed by atoms with Gasteiger partial charge in [0.2, 0.25) is 5.91 Å². The Morgan fingerprint density at radius 1 is 1.41 bits per heavy atom. The van der Waals surface area contributed by atoms with Gasteiger partial charge in [0.1, 0.15) is 5.82 Å². The van der Waals surface area contributed by atoms with Crippen molar-refractivity contribution in [1.82, 2.24) is 4.90 Å². The first-order chi connectivity index (χ1) is 10.4. The highest BCUT2D eigenvalue weighted by Gasteiger charge is 2.26. The molecule has 0 bridgehead atoms. The van der Waals surface area contributed by atoms with Gasteiger partial charge in [0, 0.05) is 17.1 Å². The summed E-state index contributed by atoms with van der Waals surface area (Å²) in [6.07, 6.45) is 1.28. The molecule has 1 aliphatic rings. The van der Waals surface area contributed by atoms with Crippen LogP contribution in [0.5, 0.6) is 0 Å². The maximum atomic E-state index is 13.6. The van der Waals surface area contributed by atoms with E-state index in [1.165, 1.54) is 0 Å². The van der Waals surface area contributed by atoms with Gasteiger partial charge in [0.15, 0.2) is 5.82 Å². The molecule has 120 valence electrons. The number of carbonyl (C=O) groups is 2. The molecule has 2 rings (SSSR count). The normalized spacial score (nSPS) is 19.0. The van der Waals surface area contributed by atoms with Crippen molar-refractivity contribution in [2.24, 2.45) is 5.92 Å². The number of halogens is 3. The molecule has 5 nitrogen and oxygen atoms in total. The fourth-order valence-electron chi connectivity index (χ4n) is 2.44. The van der Waals surface area contributed by atoms with Crippen LogP contribution in [0.15, 0.2) is 16.6 Å². The molecular formula is C14H15BrF2N2O3. The third-order valence-corrected chi connectivity index (χ3v) is 4.12. The zero-order valence-corrected chi connectivity index (χ0v) is 13.2. The highest BCUT2D eigenvalue weighted by Crippen LogP contribution is 2.27. The smallest absolute Gasteiger partial charge is 0.307 e. The molecule has 0 aliphatic carbocycles. The Morgan fingerprint density at radius 2 is 2.14 bits per heavy atom. The number of carbonyl (C=O) groups excluding carboxylic acids is 1. The number of nitrogens with zero attached hydrogens (tertiary/aromatic N) is 1. The number of benzene rings is 1. The summed E-state index contributed by atoms with van der Waals surface area (Å²) in [4.78, 5) is 24.7. The number of aliphatic carboxylic acids is 1. The van der Waals surface area contributed by atoms with Crippen LogP contribution in [0.25, 0.3) is 0 Å². The van der Waals surface area contributed by atoms with Crippen molar-refractivity contribution in [2.45, 2.75) is 12.8 Å². The van der Waals surface area contributed by atoms with Gasteiger partial charge in [0.25, 0.3) is 0 Å². The summed E-state index contributed by atoms with van der Waals surface area (Å²) in [5, 5.41) is 11.4. The predicted molar refractivity (Wildman–Crippen MR) is 79.5 cm³/mol. The Labute approximate surface area is 134 Å². The molecule has 1 aromatic rings. The van der Waals surface area contributed by atoms with E-state index >= 15 is 0 Å². The van der Waals surface area contributed by atoms with Crippen molar-refractivity contribution >= 4 is 33.5 Å². The minimum atomic E-state index is -0.877. The minimum absolute atomic E-state index is 0.0347. The Balaban J connectivity index is 1.97. The van der Waals surface area contributed by atoms with E-state index < -0.39 is 29.4 Å². The zero-order valence-electron chi connectivity index (χ0n) is 11.6. The molecule has 22 heavy (non-hydrogen) atoms. The lowest BCUT2D eigenvalue weighted by Gasteiger charge is -2.29. The van der Waals surface area contributed by atoms with Crippen molar-refractivity contribution in [3.8, 4) is 0 Å². The number of piperidine rings is 1. The Morgan fingerprint density at radius 3 is 2.77 bits per heavy atom. The molecule has 0 aromatic heterocycles. The molecule has 1 heterocycles. The lowest BCUT2D eigenvalue weighted by molar-refractivity contribution is -0.144. The summed E-state index contributed by atoms with van der Waals surface area (Å²) < 4.78 is 26.7. The summed E-state index contributed by atoms with van der Waals surface area (Å²) in [6, 6.07) is 1.74. The summed E-state index contributed by atoms with van der Waals surface area (Å²) in [5.74, 6) is -3.46. The van der Waals surface area contributed by atoms with E-state index in [0.29, 0.717) is 25.5 Å². The van der Waals surface area contributed by atoms with Crippen molar-refractivity contribution in [3.63, 3.8) is 0 Å². The van der Waals surface area contributed by atoms with E-state index in [-0.39, 0.29) is 23.2 Å². The van der Waals surface area contributed by atoms with Crippen LogP contribution >= 0.6 is 15.9 Å². The molecule has 8 heteroatoms. The van der Waals surface area contributed by atoms with Crippen LogP contribution in [0.1, 0.15) is 12.8 Å². The van der Waals surface area contributed by atoms with Gasteiger partial charge in [-0.25, -0.2) is 8.78 Å². The lowest BCUT2D eigenvalue weighted by atomic mass is 9.98. The molecule has 1 aliphatic heterocycles. The maximum absolute atomic E-state index is 13.6. The van der Waals surface area contributed by atoms with Gasteiger partial charge in [-0.2, -0.15) is 0 Å². The largest absolute Gasteiger partial charge is 0.481 e. The van der Waals surface area contributed by atoms with Crippen LogP contribution in [0, 0.1) is 17.6 Å². The number of likely N-dealkylation sites (tertiary alicyclic amines) is 1. The van der Waals surface area contributed by atoms with Gasteiger partial charge in [0.05, 0.1) is 18.2 Å². The van der Waals surface area contributed by atoms with E-state index in [1.807, 2.05) is 0 Å². The SMILES string of the molecule is O=C(CN1CCCC(C(=O)O)C1)Nc1c(F)cc(F)cc1Br. The summed E-state index contributed by atoms with van der Waals surface area (Å²) in [7, 11) is 0. The van der Waals surface area contributed by atoms with Crippen molar-refractivity contribution in [2.75, 3.05) is 25.0 Å². The molecule has 2 N–H and O–H groups in total. The first kappa shape index (κ1) is 16.8. The summed E-state index contributed by atoms with van der Waals surface area (Å²) in [5.41, 5.74) is -0.127. The van der Waals surface area contributed by atoms with Gasteiger partial charge >= 0.3 is 5.97 Å². The second kappa shape index (κ2) is 7.15. The van der Waals surface area contributed by atoms with Crippen LogP contribution in [0.4, 0.5) is 14.5 Å². The van der Waals surface area contributed by atoms with Crippen molar-refractivity contribution in [1.29, 1.82) is 0 Å². The van der Waals surface area contributed by atoms with Crippen LogP contribution in [-0.4, -0.2) is 41.5 Å². The standard InChI is InChI=1S/C14H15BrF2N2O3/c15-10-4-9(16)5-11(17)13(10)18-12(20)7-19-3-1-2-8(6-19)14(21)22/h4-5,8H,1-3,6-7H2,(H,18,20)(H,21,22). The van der Waals surface area contributed by atoms with Crippen LogP contribution in [-0.2, 0) is 9.59 Å². The number of hydrogen-bond acceptors (Lipinski definition) is 3. The molecule has 1 fully saturated rings. The highest BCUT2D eigenvalue weighted by atomic mass is 79.9. The fourth-order valence-corrected chi connectivity index (χ4v) is 2.95. The number of hydrogen-bond donors (Lipinski definition) is 2. The molecule has 1 unspecified atom stereocenters. The molecular weight excluding hydrogens is 362 g/mol. The van der Waals surface area contributed by atoms with E-state index in [2.05, 4.69) is 21.2 Å². The molecule has 1 atom stereocenters. The number of nitrogens with one attached hydrogen (secondary N) is 1. The summed E-state index contributed by atoms with van der Waals surface area (Å²) >= 11 is 2.99. The number of amides is 1. The number of carboxylic acids is 1. The number of rotatable bonds is 4. The van der Waals surface area contributed by atoms with Gasteiger partial charge in [-0.3, -0.25) is 14.5 Å². The Kier molecular flexibility index (Phi) is 5.47. The van der Waals surface area contributed by atoms with Gasteiger partial charge < -0.3 is 10.4 Å². The molecule has 1 aromatic carbocycles. The average Bonchev–Trinajstić information content (AvgIpc) is 2.43. The minimum Gasteiger partial charge on any atom is -0.481 e. The van der Waals surface area contributed by atoms with E-state index in [0.717, 1.165) is 6.07 Å². The average molecular weight is 377 g/mol. The number of anilines is 1. The van der Waals surface area contributed by atoms with Crippen LogP contribution in [0.2, 0.25) is 0 Å². The Bertz CT molecular complexity index is 574. The van der Waals surface area contributed by atoms with Gasteiger partial charge in [-0.05, 0) is 41.4 Å². The molecule has 1 amide bonds. The molecule has 0 spiro atoms. The predicted octanol–water partition coefficient (Wildman–Crippen LogP) is 2.46. The molecule has 0 saturated carbocycles.